The molecule has 0 atom stereocenters. The highest BCUT2D eigenvalue weighted by Crippen LogP contribution is 2.23. The molecule has 0 radical (unpaired) electrons. The van der Waals surface area contributed by atoms with Crippen molar-refractivity contribution < 1.29 is 4.79 Å². The summed E-state index contributed by atoms with van der Waals surface area (Å²) in [6, 6.07) is 14.6. The van der Waals surface area contributed by atoms with Gasteiger partial charge in [0.25, 0.3) is 5.91 Å². The van der Waals surface area contributed by atoms with Crippen LogP contribution >= 0.6 is 0 Å². The molecule has 0 aromatic heterocycles. The molecule has 0 bridgehead atoms. The van der Waals surface area contributed by atoms with Crippen molar-refractivity contribution >= 4 is 22.3 Å². The molecule has 120 valence electrons. The molecule has 1 heterocycles. The van der Waals surface area contributed by atoms with Crippen molar-refractivity contribution in [2.75, 3.05) is 27.2 Å². The topological polar surface area (TPSA) is 23.6 Å². The lowest BCUT2D eigenvalue weighted by molar-refractivity contribution is -0.126. The van der Waals surface area contributed by atoms with Crippen LogP contribution in [0.2, 0.25) is 0 Å². The summed E-state index contributed by atoms with van der Waals surface area (Å²) >= 11 is 0. The summed E-state index contributed by atoms with van der Waals surface area (Å²) < 4.78 is 0. The highest BCUT2D eigenvalue weighted by Gasteiger charge is 2.25. The first kappa shape index (κ1) is 15.8. The van der Waals surface area contributed by atoms with E-state index in [1.54, 1.807) is 0 Å². The number of likely N-dealkylation sites (N-methyl/N-ethyl adjacent to an activating group) is 1. The first-order chi connectivity index (χ1) is 11.1. The van der Waals surface area contributed by atoms with E-state index in [4.69, 9.17) is 0 Å². The summed E-state index contributed by atoms with van der Waals surface area (Å²) in [5.74, 6) is 0.0369. The van der Waals surface area contributed by atoms with Crippen LogP contribution < -0.4 is 0 Å². The van der Waals surface area contributed by atoms with E-state index in [0.717, 1.165) is 36.9 Å². The molecule has 23 heavy (non-hydrogen) atoms. The second-order valence-electron chi connectivity index (χ2n) is 6.49. The van der Waals surface area contributed by atoms with Gasteiger partial charge >= 0.3 is 0 Å². The fraction of sp³-hybridized carbons (Fsp3) is 0.350. The van der Waals surface area contributed by atoms with Crippen molar-refractivity contribution in [1.82, 2.24) is 9.80 Å². The number of rotatable bonds is 3. The fourth-order valence-corrected chi connectivity index (χ4v) is 3.26. The molecule has 3 rings (SSSR count). The average molecular weight is 308 g/mol. The Morgan fingerprint density at radius 3 is 2.48 bits per heavy atom. The van der Waals surface area contributed by atoms with Crippen LogP contribution in [0.1, 0.15) is 18.4 Å². The molecule has 1 amide bonds. The quantitative estimate of drug-likeness (QED) is 0.811. The minimum atomic E-state index is 0.0369. The zero-order chi connectivity index (χ0) is 16.4. The van der Waals surface area contributed by atoms with E-state index in [1.807, 2.05) is 30.1 Å². The van der Waals surface area contributed by atoms with Crippen molar-refractivity contribution in [3.05, 3.63) is 54.6 Å². The number of piperidine rings is 1. The Kier molecular flexibility index (Phi) is 4.49. The van der Waals surface area contributed by atoms with Crippen LogP contribution in [0, 0.1) is 0 Å². The molecule has 1 aliphatic heterocycles. The third kappa shape index (κ3) is 3.30. The third-order valence-corrected chi connectivity index (χ3v) is 4.91. The number of hydrogen-bond donors (Lipinski definition) is 0. The van der Waals surface area contributed by atoms with Crippen LogP contribution in [0.3, 0.4) is 0 Å². The zero-order valence-electron chi connectivity index (χ0n) is 14.0. The van der Waals surface area contributed by atoms with E-state index in [0.29, 0.717) is 11.6 Å². The lowest BCUT2D eigenvalue weighted by Crippen LogP contribution is -2.44. The van der Waals surface area contributed by atoms with E-state index >= 15 is 0 Å². The normalized spacial score (nSPS) is 16.4. The second-order valence-corrected chi connectivity index (χ2v) is 6.49. The Labute approximate surface area is 138 Å². The summed E-state index contributed by atoms with van der Waals surface area (Å²) in [5.41, 5.74) is 1.49. The maximum absolute atomic E-state index is 12.8. The van der Waals surface area contributed by atoms with E-state index in [2.05, 4.69) is 42.8 Å². The molecule has 0 spiro atoms. The SMILES string of the molecule is C=C(C(=O)N(C)C1CCN(C)CC1)c1ccc2ccccc2c1. The van der Waals surface area contributed by atoms with E-state index in [-0.39, 0.29) is 5.91 Å². The smallest absolute Gasteiger partial charge is 0.253 e. The predicted octanol–water partition coefficient (Wildman–Crippen LogP) is 3.41. The summed E-state index contributed by atoms with van der Waals surface area (Å²) in [6.07, 6.45) is 2.06. The molecular formula is C20H24N2O. The number of nitrogens with zero attached hydrogens (tertiary/aromatic N) is 2. The third-order valence-electron chi connectivity index (χ3n) is 4.91. The van der Waals surface area contributed by atoms with E-state index in [1.165, 1.54) is 5.39 Å². The van der Waals surface area contributed by atoms with Crippen LogP contribution in [0.4, 0.5) is 0 Å². The van der Waals surface area contributed by atoms with Gasteiger partial charge in [0.05, 0.1) is 0 Å². The molecule has 3 nitrogen and oxygen atoms in total. The van der Waals surface area contributed by atoms with Crippen LogP contribution in [-0.4, -0.2) is 48.9 Å². The minimum absolute atomic E-state index is 0.0369. The number of fused-ring (bicyclic) bond motifs is 1. The van der Waals surface area contributed by atoms with E-state index in [9.17, 15) is 4.79 Å². The lowest BCUT2D eigenvalue weighted by atomic mass is 9.99. The van der Waals surface area contributed by atoms with E-state index < -0.39 is 0 Å². The molecule has 2 aromatic carbocycles. The first-order valence-corrected chi connectivity index (χ1v) is 8.20. The Balaban J connectivity index is 1.76. The second kappa shape index (κ2) is 6.55. The number of carbonyl (C=O) groups excluding carboxylic acids is 1. The Morgan fingerprint density at radius 2 is 1.78 bits per heavy atom. The number of benzene rings is 2. The maximum atomic E-state index is 12.8. The molecule has 3 heteroatoms. The van der Waals surface area contributed by atoms with Gasteiger partial charge in [-0.05, 0) is 55.4 Å². The zero-order valence-corrected chi connectivity index (χ0v) is 14.0. The van der Waals surface area contributed by atoms with Gasteiger partial charge in [0.1, 0.15) is 0 Å². The monoisotopic (exact) mass is 308 g/mol. The number of amides is 1. The highest BCUT2D eigenvalue weighted by atomic mass is 16.2. The number of carbonyl (C=O) groups is 1. The Hall–Kier alpha value is -2.13. The molecule has 0 unspecified atom stereocenters. The molecule has 0 aliphatic carbocycles. The van der Waals surface area contributed by atoms with Gasteiger partial charge in [-0.2, -0.15) is 0 Å². The molecule has 2 aromatic rings. The fourth-order valence-electron chi connectivity index (χ4n) is 3.26. The molecule has 1 aliphatic rings. The van der Waals surface area contributed by atoms with Gasteiger partial charge in [0.15, 0.2) is 0 Å². The van der Waals surface area contributed by atoms with Gasteiger partial charge in [-0.15, -0.1) is 0 Å². The van der Waals surface area contributed by atoms with Crippen molar-refractivity contribution in [3.8, 4) is 0 Å². The van der Waals surface area contributed by atoms with Gasteiger partial charge in [-0.1, -0.05) is 43.0 Å². The summed E-state index contributed by atoms with van der Waals surface area (Å²) in [5, 5.41) is 2.32. The van der Waals surface area contributed by atoms with Gasteiger partial charge in [-0.25, -0.2) is 0 Å². The van der Waals surface area contributed by atoms with Crippen LogP contribution in [0.5, 0.6) is 0 Å². The predicted molar refractivity (Wildman–Crippen MR) is 96.3 cm³/mol. The standard InChI is InChI=1S/C20H24N2O/c1-15(17-9-8-16-6-4-5-7-18(16)14-17)20(23)22(3)19-10-12-21(2)13-11-19/h4-9,14,19H,1,10-13H2,2-3H3. The van der Waals surface area contributed by atoms with Crippen LogP contribution in [0.15, 0.2) is 49.0 Å². The van der Waals surface area contributed by atoms with Crippen LogP contribution in [-0.2, 0) is 4.79 Å². The lowest BCUT2D eigenvalue weighted by Gasteiger charge is -2.35. The van der Waals surface area contributed by atoms with Gasteiger partial charge < -0.3 is 9.80 Å². The summed E-state index contributed by atoms with van der Waals surface area (Å²) in [7, 11) is 4.04. The molecular weight excluding hydrogens is 284 g/mol. The molecule has 0 N–H and O–H groups in total. The highest BCUT2D eigenvalue weighted by molar-refractivity contribution is 6.19. The minimum Gasteiger partial charge on any atom is -0.339 e. The molecule has 1 saturated heterocycles. The van der Waals surface area contributed by atoms with Crippen molar-refractivity contribution in [2.45, 2.75) is 18.9 Å². The van der Waals surface area contributed by atoms with Crippen LogP contribution in [0.25, 0.3) is 16.3 Å². The molecule has 1 fully saturated rings. The van der Waals surface area contributed by atoms with Gasteiger partial charge in [0, 0.05) is 18.7 Å². The van der Waals surface area contributed by atoms with Gasteiger partial charge in [-0.3, -0.25) is 4.79 Å². The average Bonchev–Trinajstić information content (AvgIpc) is 2.60. The van der Waals surface area contributed by atoms with Gasteiger partial charge in [0.2, 0.25) is 0 Å². The summed E-state index contributed by atoms with van der Waals surface area (Å²) in [6.45, 7) is 6.15. The largest absolute Gasteiger partial charge is 0.339 e. The Bertz CT molecular complexity index is 729. The molecule has 0 saturated carbocycles. The number of hydrogen-bond acceptors (Lipinski definition) is 2. The summed E-state index contributed by atoms with van der Waals surface area (Å²) in [4.78, 5) is 17.0. The van der Waals surface area contributed by atoms with Crippen molar-refractivity contribution in [1.29, 1.82) is 0 Å². The first-order valence-electron chi connectivity index (χ1n) is 8.20. The van der Waals surface area contributed by atoms with Crippen molar-refractivity contribution in [3.63, 3.8) is 0 Å². The maximum Gasteiger partial charge on any atom is 0.253 e. The Morgan fingerprint density at radius 1 is 1.13 bits per heavy atom. The number of likely N-dealkylation sites (tertiary alicyclic amines) is 1. The van der Waals surface area contributed by atoms with Crippen molar-refractivity contribution in [2.24, 2.45) is 0 Å².